The molecule has 108 valence electrons. The lowest BCUT2D eigenvalue weighted by Gasteiger charge is -2.16. The van der Waals surface area contributed by atoms with Crippen LogP contribution in [0.5, 0.6) is 0 Å². The average molecular weight is 365 g/mol. The standard InChI is InChI=1S/C17H15BrClNO/c1-2-20-17(11-3-5-13(18)6-4-11)16-10-12-9-14(19)7-8-15(12)21-16/h3-10,17,20H,2H2,1H3. The van der Waals surface area contributed by atoms with Crippen molar-refractivity contribution in [1.82, 2.24) is 5.32 Å². The van der Waals surface area contributed by atoms with Crippen molar-refractivity contribution in [2.24, 2.45) is 0 Å². The topological polar surface area (TPSA) is 25.2 Å². The third-order valence-electron chi connectivity index (χ3n) is 3.39. The minimum absolute atomic E-state index is 0.0364. The van der Waals surface area contributed by atoms with E-state index in [-0.39, 0.29) is 6.04 Å². The van der Waals surface area contributed by atoms with Crippen LogP contribution in [-0.4, -0.2) is 6.54 Å². The van der Waals surface area contributed by atoms with Crippen LogP contribution in [0.1, 0.15) is 24.3 Å². The Morgan fingerprint density at radius 3 is 2.62 bits per heavy atom. The Morgan fingerprint density at radius 2 is 1.90 bits per heavy atom. The fourth-order valence-electron chi connectivity index (χ4n) is 2.42. The van der Waals surface area contributed by atoms with Gasteiger partial charge in [-0.25, -0.2) is 0 Å². The van der Waals surface area contributed by atoms with Gasteiger partial charge in [0.1, 0.15) is 11.3 Å². The maximum Gasteiger partial charge on any atom is 0.134 e. The summed E-state index contributed by atoms with van der Waals surface area (Å²) in [5.74, 6) is 0.899. The molecule has 0 amide bonds. The number of fused-ring (bicyclic) bond motifs is 1. The van der Waals surface area contributed by atoms with Gasteiger partial charge in [0.05, 0.1) is 6.04 Å². The molecule has 2 nitrogen and oxygen atoms in total. The van der Waals surface area contributed by atoms with Gasteiger partial charge in [0.25, 0.3) is 0 Å². The number of hydrogen-bond acceptors (Lipinski definition) is 2. The van der Waals surface area contributed by atoms with Gasteiger partial charge in [-0.05, 0) is 48.5 Å². The Labute approximate surface area is 137 Å². The van der Waals surface area contributed by atoms with Crippen molar-refractivity contribution in [3.63, 3.8) is 0 Å². The summed E-state index contributed by atoms with van der Waals surface area (Å²) in [4.78, 5) is 0. The normalized spacial score (nSPS) is 12.7. The third-order valence-corrected chi connectivity index (χ3v) is 4.16. The fourth-order valence-corrected chi connectivity index (χ4v) is 2.86. The van der Waals surface area contributed by atoms with Gasteiger partial charge < -0.3 is 9.73 Å². The molecule has 1 aromatic heterocycles. The number of furan rings is 1. The van der Waals surface area contributed by atoms with Gasteiger partial charge in [-0.3, -0.25) is 0 Å². The minimum Gasteiger partial charge on any atom is -0.459 e. The van der Waals surface area contributed by atoms with Crippen molar-refractivity contribution >= 4 is 38.5 Å². The van der Waals surface area contributed by atoms with Crippen molar-refractivity contribution in [2.45, 2.75) is 13.0 Å². The molecule has 3 rings (SSSR count). The molecule has 0 aliphatic carbocycles. The predicted octanol–water partition coefficient (Wildman–Crippen LogP) is 5.55. The van der Waals surface area contributed by atoms with Crippen molar-refractivity contribution in [2.75, 3.05) is 6.54 Å². The average Bonchev–Trinajstić information content (AvgIpc) is 2.88. The first-order valence-corrected chi connectivity index (χ1v) is 8.02. The predicted molar refractivity (Wildman–Crippen MR) is 90.9 cm³/mol. The first-order chi connectivity index (χ1) is 10.2. The van der Waals surface area contributed by atoms with Crippen LogP contribution >= 0.6 is 27.5 Å². The molecule has 4 heteroatoms. The molecule has 1 atom stereocenters. The van der Waals surface area contributed by atoms with Crippen LogP contribution in [0.25, 0.3) is 11.0 Å². The highest BCUT2D eigenvalue weighted by molar-refractivity contribution is 9.10. The summed E-state index contributed by atoms with van der Waals surface area (Å²) in [7, 11) is 0. The second kappa shape index (κ2) is 6.22. The molecule has 0 spiro atoms. The number of nitrogens with one attached hydrogen (secondary N) is 1. The van der Waals surface area contributed by atoms with E-state index >= 15 is 0 Å². The fraction of sp³-hybridized carbons (Fsp3) is 0.176. The zero-order chi connectivity index (χ0) is 14.8. The van der Waals surface area contributed by atoms with Gasteiger partial charge in [0, 0.05) is 14.9 Å². The van der Waals surface area contributed by atoms with Crippen molar-refractivity contribution in [3.05, 3.63) is 69.3 Å². The van der Waals surface area contributed by atoms with Crippen LogP contribution in [-0.2, 0) is 0 Å². The van der Waals surface area contributed by atoms with Gasteiger partial charge in [-0.1, -0.05) is 46.6 Å². The van der Waals surface area contributed by atoms with Gasteiger partial charge in [-0.15, -0.1) is 0 Å². The number of halogens is 2. The van der Waals surface area contributed by atoms with Gasteiger partial charge >= 0.3 is 0 Å². The smallest absolute Gasteiger partial charge is 0.134 e. The quantitative estimate of drug-likeness (QED) is 0.657. The SMILES string of the molecule is CCNC(c1ccc(Br)cc1)c1cc2cc(Cl)ccc2o1. The highest BCUT2D eigenvalue weighted by atomic mass is 79.9. The second-order valence-corrected chi connectivity index (χ2v) is 6.23. The summed E-state index contributed by atoms with van der Waals surface area (Å²) in [5.41, 5.74) is 2.03. The first-order valence-electron chi connectivity index (χ1n) is 6.85. The van der Waals surface area contributed by atoms with E-state index in [0.29, 0.717) is 0 Å². The highest BCUT2D eigenvalue weighted by Crippen LogP contribution is 2.30. The van der Waals surface area contributed by atoms with Crippen LogP contribution in [0.4, 0.5) is 0 Å². The second-order valence-electron chi connectivity index (χ2n) is 4.87. The lowest BCUT2D eigenvalue weighted by molar-refractivity contribution is 0.477. The van der Waals surface area contributed by atoms with E-state index in [0.717, 1.165) is 32.8 Å². The van der Waals surface area contributed by atoms with Crippen molar-refractivity contribution in [3.8, 4) is 0 Å². The molecule has 0 aliphatic heterocycles. The minimum atomic E-state index is 0.0364. The van der Waals surface area contributed by atoms with Crippen LogP contribution in [0.3, 0.4) is 0 Å². The van der Waals surface area contributed by atoms with E-state index in [1.807, 2.05) is 30.3 Å². The zero-order valence-electron chi connectivity index (χ0n) is 11.6. The number of hydrogen-bond donors (Lipinski definition) is 1. The molecule has 0 aliphatic rings. The molecule has 3 aromatic rings. The van der Waals surface area contributed by atoms with Gasteiger partial charge in [-0.2, -0.15) is 0 Å². The van der Waals surface area contributed by atoms with Gasteiger partial charge in [0.2, 0.25) is 0 Å². The summed E-state index contributed by atoms with van der Waals surface area (Å²) < 4.78 is 7.06. The molecular weight excluding hydrogens is 350 g/mol. The number of rotatable bonds is 4. The molecule has 0 saturated heterocycles. The van der Waals surface area contributed by atoms with E-state index in [1.54, 1.807) is 0 Å². The molecule has 1 unspecified atom stereocenters. The highest BCUT2D eigenvalue weighted by Gasteiger charge is 2.17. The monoisotopic (exact) mass is 363 g/mol. The lowest BCUT2D eigenvalue weighted by Crippen LogP contribution is -2.21. The van der Waals surface area contributed by atoms with Crippen molar-refractivity contribution < 1.29 is 4.42 Å². The molecule has 21 heavy (non-hydrogen) atoms. The zero-order valence-corrected chi connectivity index (χ0v) is 13.9. The Balaban J connectivity index is 2.04. The van der Waals surface area contributed by atoms with E-state index in [9.17, 15) is 0 Å². The van der Waals surface area contributed by atoms with Crippen LogP contribution in [0.2, 0.25) is 5.02 Å². The summed E-state index contributed by atoms with van der Waals surface area (Å²) in [6, 6.07) is 16.0. The first kappa shape index (κ1) is 14.6. The summed E-state index contributed by atoms with van der Waals surface area (Å²) in [6.07, 6.45) is 0. The third kappa shape index (κ3) is 3.15. The maximum absolute atomic E-state index is 6.04. The summed E-state index contributed by atoms with van der Waals surface area (Å²) in [6.45, 7) is 2.95. The van der Waals surface area contributed by atoms with Crippen LogP contribution in [0.15, 0.2) is 57.4 Å². The molecular formula is C17H15BrClNO. The summed E-state index contributed by atoms with van der Waals surface area (Å²) in [5, 5.41) is 5.21. The van der Waals surface area contributed by atoms with Crippen LogP contribution in [0, 0.1) is 0 Å². The van der Waals surface area contributed by atoms with E-state index < -0.39 is 0 Å². The van der Waals surface area contributed by atoms with E-state index in [2.05, 4.69) is 46.4 Å². The maximum atomic E-state index is 6.04. The molecule has 1 N–H and O–H groups in total. The number of benzene rings is 2. The Hall–Kier alpha value is -1.29. The Kier molecular flexibility index (Phi) is 4.34. The molecule has 0 bridgehead atoms. The molecule has 1 heterocycles. The molecule has 2 aromatic carbocycles. The summed E-state index contributed by atoms with van der Waals surface area (Å²) >= 11 is 9.51. The molecule has 0 fully saturated rings. The Bertz CT molecular complexity index is 751. The largest absolute Gasteiger partial charge is 0.459 e. The van der Waals surface area contributed by atoms with Gasteiger partial charge in [0.15, 0.2) is 0 Å². The Morgan fingerprint density at radius 1 is 1.14 bits per heavy atom. The van der Waals surface area contributed by atoms with E-state index in [4.69, 9.17) is 16.0 Å². The van der Waals surface area contributed by atoms with Crippen LogP contribution < -0.4 is 5.32 Å². The molecule has 0 saturated carbocycles. The lowest BCUT2D eigenvalue weighted by atomic mass is 10.0. The van der Waals surface area contributed by atoms with E-state index in [1.165, 1.54) is 5.56 Å². The molecule has 0 radical (unpaired) electrons. The van der Waals surface area contributed by atoms with Crippen molar-refractivity contribution in [1.29, 1.82) is 0 Å².